The molecule has 0 bridgehead atoms. The molecule has 3 aliphatic rings. The molecule has 0 aromatic heterocycles. The first-order valence-electron chi connectivity index (χ1n) is 5.70. The van der Waals surface area contributed by atoms with Gasteiger partial charge in [-0.25, -0.2) is 8.42 Å². The Morgan fingerprint density at radius 3 is 2.67 bits per heavy atom. The van der Waals surface area contributed by atoms with Crippen molar-refractivity contribution in [3.8, 4) is 0 Å². The van der Waals surface area contributed by atoms with Gasteiger partial charge in [0.2, 0.25) is 0 Å². The van der Waals surface area contributed by atoms with E-state index in [1.54, 1.807) is 0 Å². The van der Waals surface area contributed by atoms with Gasteiger partial charge in [0.15, 0.2) is 9.84 Å². The van der Waals surface area contributed by atoms with Crippen LogP contribution in [-0.2, 0) is 14.6 Å². The van der Waals surface area contributed by atoms with E-state index in [9.17, 15) is 8.42 Å². The number of ether oxygens (including phenoxy) is 1. The van der Waals surface area contributed by atoms with E-state index in [0.29, 0.717) is 0 Å². The van der Waals surface area contributed by atoms with Crippen LogP contribution in [0.25, 0.3) is 0 Å². The molecule has 0 amide bonds. The average molecular weight is 231 g/mol. The number of fused-ring (bicyclic) bond motifs is 1. The number of hydrogen-bond acceptors (Lipinski definition) is 4. The summed E-state index contributed by atoms with van der Waals surface area (Å²) < 4.78 is 29.0. The van der Waals surface area contributed by atoms with Crippen LogP contribution in [0.2, 0.25) is 0 Å². The number of sulfone groups is 1. The zero-order chi connectivity index (χ0) is 10.5. The molecule has 86 valence electrons. The molecule has 1 spiro atoms. The summed E-state index contributed by atoms with van der Waals surface area (Å²) in [4.78, 5) is 0. The van der Waals surface area contributed by atoms with Gasteiger partial charge in [-0.15, -0.1) is 0 Å². The third-order valence-electron chi connectivity index (χ3n) is 3.90. The van der Waals surface area contributed by atoms with Crippen LogP contribution in [0.4, 0.5) is 0 Å². The van der Waals surface area contributed by atoms with E-state index in [1.165, 1.54) is 12.8 Å². The lowest BCUT2D eigenvalue weighted by Gasteiger charge is -2.40. The quantitative estimate of drug-likeness (QED) is 0.642. The molecular weight excluding hydrogens is 214 g/mol. The van der Waals surface area contributed by atoms with Crippen molar-refractivity contribution in [2.45, 2.75) is 43.4 Å². The van der Waals surface area contributed by atoms with E-state index in [2.05, 4.69) is 5.32 Å². The predicted octanol–water partition coefficient (Wildman–Crippen LogP) is 0.0846. The molecule has 0 radical (unpaired) electrons. The monoisotopic (exact) mass is 231 g/mol. The minimum atomic E-state index is -2.86. The van der Waals surface area contributed by atoms with E-state index < -0.39 is 9.84 Å². The van der Waals surface area contributed by atoms with E-state index >= 15 is 0 Å². The number of hydrogen-bond donors (Lipinski definition) is 1. The normalized spacial score (nSPS) is 41.9. The summed E-state index contributed by atoms with van der Waals surface area (Å²) in [6.45, 7) is 0.837. The zero-order valence-corrected chi connectivity index (χ0v) is 9.55. The second-order valence-electron chi connectivity index (χ2n) is 5.11. The molecule has 0 aromatic rings. The van der Waals surface area contributed by atoms with Gasteiger partial charge in [-0.2, -0.15) is 0 Å². The molecule has 1 saturated carbocycles. The molecule has 1 aliphatic carbocycles. The Morgan fingerprint density at radius 2 is 1.93 bits per heavy atom. The summed E-state index contributed by atoms with van der Waals surface area (Å²) in [6, 6.07) is 0.0428. The summed E-state index contributed by atoms with van der Waals surface area (Å²) in [6.07, 6.45) is 4.51. The number of morpholine rings is 1. The van der Waals surface area contributed by atoms with Crippen molar-refractivity contribution in [3.63, 3.8) is 0 Å². The summed E-state index contributed by atoms with van der Waals surface area (Å²) in [5.74, 6) is 0.472. The number of nitrogens with one attached hydrogen (secondary N) is 1. The molecule has 15 heavy (non-hydrogen) atoms. The van der Waals surface area contributed by atoms with Gasteiger partial charge in [-0.05, 0) is 12.8 Å². The summed E-state index contributed by atoms with van der Waals surface area (Å²) in [7, 11) is -2.86. The minimum absolute atomic E-state index is 0.0406. The molecule has 5 heteroatoms. The molecule has 3 fully saturated rings. The smallest absolute Gasteiger partial charge is 0.154 e. The SMILES string of the molecule is O=S1(=O)CC2NCC3(CCCC3)OC2C1. The Bertz CT molecular complexity index is 359. The predicted molar refractivity (Wildman–Crippen MR) is 56.5 cm³/mol. The summed E-state index contributed by atoms with van der Waals surface area (Å²) in [5.41, 5.74) is -0.0406. The lowest BCUT2D eigenvalue weighted by atomic mass is 9.97. The van der Waals surface area contributed by atoms with Gasteiger partial charge in [0.05, 0.1) is 23.2 Å². The average Bonchev–Trinajstić information content (AvgIpc) is 2.69. The third-order valence-corrected chi connectivity index (χ3v) is 5.61. The molecular formula is C10H17NO3S. The van der Waals surface area contributed by atoms with Gasteiger partial charge in [-0.3, -0.25) is 0 Å². The Balaban J connectivity index is 1.78. The maximum absolute atomic E-state index is 11.5. The molecule has 0 aromatic carbocycles. The van der Waals surface area contributed by atoms with Crippen LogP contribution in [0, 0.1) is 0 Å². The van der Waals surface area contributed by atoms with E-state index in [4.69, 9.17) is 4.74 Å². The maximum atomic E-state index is 11.5. The van der Waals surface area contributed by atoms with Crippen LogP contribution >= 0.6 is 0 Å². The second kappa shape index (κ2) is 3.18. The standard InChI is InChI=1S/C10H17NO3S/c12-15(13)5-8-9(6-15)14-10(7-11-8)3-1-2-4-10/h8-9,11H,1-7H2. The highest BCUT2D eigenvalue weighted by molar-refractivity contribution is 7.91. The van der Waals surface area contributed by atoms with Crippen LogP contribution in [0.1, 0.15) is 25.7 Å². The van der Waals surface area contributed by atoms with Gasteiger partial charge >= 0.3 is 0 Å². The Kier molecular flexibility index (Phi) is 2.13. The molecule has 1 N–H and O–H groups in total. The molecule has 2 saturated heterocycles. The van der Waals surface area contributed by atoms with Crippen molar-refractivity contribution in [1.29, 1.82) is 0 Å². The lowest BCUT2D eigenvalue weighted by molar-refractivity contribution is -0.115. The Labute approximate surface area is 90.3 Å². The molecule has 3 rings (SSSR count). The highest BCUT2D eigenvalue weighted by atomic mass is 32.2. The van der Waals surface area contributed by atoms with Gasteiger partial charge in [0, 0.05) is 12.6 Å². The molecule has 2 atom stereocenters. The topological polar surface area (TPSA) is 55.4 Å². The molecule has 2 heterocycles. The molecule has 2 unspecified atom stereocenters. The first-order valence-corrected chi connectivity index (χ1v) is 7.52. The van der Waals surface area contributed by atoms with Crippen molar-refractivity contribution < 1.29 is 13.2 Å². The minimum Gasteiger partial charge on any atom is -0.368 e. The van der Waals surface area contributed by atoms with Gasteiger partial charge in [0.25, 0.3) is 0 Å². The van der Waals surface area contributed by atoms with Crippen LogP contribution in [0.3, 0.4) is 0 Å². The summed E-state index contributed by atoms with van der Waals surface area (Å²) >= 11 is 0. The van der Waals surface area contributed by atoms with Gasteiger partial charge in [0.1, 0.15) is 0 Å². The van der Waals surface area contributed by atoms with Crippen molar-refractivity contribution in [2.24, 2.45) is 0 Å². The van der Waals surface area contributed by atoms with Crippen LogP contribution in [-0.4, -0.2) is 44.2 Å². The van der Waals surface area contributed by atoms with E-state index in [-0.39, 0.29) is 29.3 Å². The van der Waals surface area contributed by atoms with Gasteiger partial charge < -0.3 is 10.1 Å². The first kappa shape index (κ1) is 10.1. The fourth-order valence-corrected chi connectivity index (χ4v) is 4.93. The fraction of sp³-hybridized carbons (Fsp3) is 1.00. The lowest BCUT2D eigenvalue weighted by Crippen LogP contribution is -2.57. The Hall–Kier alpha value is -0.130. The summed E-state index contributed by atoms with van der Waals surface area (Å²) in [5, 5.41) is 3.37. The van der Waals surface area contributed by atoms with Crippen molar-refractivity contribution in [3.05, 3.63) is 0 Å². The van der Waals surface area contributed by atoms with Crippen molar-refractivity contribution in [2.75, 3.05) is 18.1 Å². The first-order chi connectivity index (χ1) is 7.09. The molecule has 2 aliphatic heterocycles. The highest BCUT2D eigenvalue weighted by Crippen LogP contribution is 2.38. The van der Waals surface area contributed by atoms with Crippen molar-refractivity contribution in [1.82, 2.24) is 5.32 Å². The van der Waals surface area contributed by atoms with Gasteiger partial charge in [-0.1, -0.05) is 12.8 Å². The van der Waals surface area contributed by atoms with Crippen LogP contribution < -0.4 is 5.32 Å². The highest BCUT2D eigenvalue weighted by Gasteiger charge is 2.48. The largest absolute Gasteiger partial charge is 0.368 e. The maximum Gasteiger partial charge on any atom is 0.154 e. The third kappa shape index (κ3) is 1.70. The van der Waals surface area contributed by atoms with E-state index in [1.807, 2.05) is 0 Å². The fourth-order valence-electron chi connectivity index (χ4n) is 3.12. The Morgan fingerprint density at radius 1 is 1.20 bits per heavy atom. The molecule has 4 nitrogen and oxygen atoms in total. The number of rotatable bonds is 0. The van der Waals surface area contributed by atoms with Crippen molar-refractivity contribution >= 4 is 9.84 Å². The van der Waals surface area contributed by atoms with Crippen LogP contribution in [0.5, 0.6) is 0 Å². The van der Waals surface area contributed by atoms with E-state index in [0.717, 1.165) is 19.4 Å². The second-order valence-corrected chi connectivity index (χ2v) is 7.26. The van der Waals surface area contributed by atoms with Crippen LogP contribution in [0.15, 0.2) is 0 Å². The zero-order valence-electron chi connectivity index (χ0n) is 8.74.